The zero-order chi connectivity index (χ0) is 29.5. The molecule has 0 bridgehead atoms. The first-order valence-corrected chi connectivity index (χ1v) is 14.2. The molecule has 0 aliphatic rings. The molecule has 202 valence electrons. The van der Waals surface area contributed by atoms with Gasteiger partial charge in [0.2, 0.25) is 0 Å². The van der Waals surface area contributed by atoms with Crippen molar-refractivity contribution in [1.29, 1.82) is 10.5 Å². The van der Waals surface area contributed by atoms with Gasteiger partial charge in [-0.15, -0.1) is 0 Å². The standard InChI is InChI=1S/C39H26N4/c1-25-21-29(43-34-19-11-9-17-30(34)31-18-10-12-20-35(31)43)22-26(2)36(25)37-32(23-40)38(27-13-5-3-6-14-27)42-39(33(37)24-41)28-15-7-4-8-16-28/h3-22H,1-2H3. The third-order valence-corrected chi connectivity index (χ3v) is 8.12. The fourth-order valence-corrected chi connectivity index (χ4v) is 6.33. The minimum absolute atomic E-state index is 0.401. The smallest absolute Gasteiger partial charge is 0.102 e. The van der Waals surface area contributed by atoms with Crippen molar-refractivity contribution in [1.82, 2.24) is 9.55 Å². The number of para-hydroxylation sites is 2. The van der Waals surface area contributed by atoms with Crippen LogP contribution in [0.2, 0.25) is 0 Å². The van der Waals surface area contributed by atoms with Gasteiger partial charge in [0.1, 0.15) is 12.1 Å². The molecule has 0 atom stereocenters. The molecule has 43 heavy (non-hydrogen) atoms. The number of aryl methyl sites for hydroxylation is 2. The van der Waals surface area contributed by atoms with Crippen LogP contribution in [0.15, 0.2) is 121 Å². The predicted octanol–water partition coefficient (Wildman–Crippen LogP) is 9.54. The Hall–Kier alpha value is -5.97. The lowest BCUT2D eigenvalue weighted by molar-refractivity contribution is 1.16. The Bertz CT molecular complexity index is 2110. The van der Waals surface area contributed by atoms with Gasteiger partial charge >= 0.3 is 0 Å². The van der Waals surface area contributed by atoms with Crippen LogP contribution >= 0.6 is 0 Å². The summed E-state index contributed by atoms with van der Waals surface area (Å²) in [7, 11) is 0. The number of aromatic nitrogens is 2. The summed E-state index contributed by atoms with van der Waals surface area (Å²) in [6.07, 6.45) is 0. The van der Waals surface area contributed by atoms with Crippen molar-refractivity contribution in [3.63, 3.8) is 0 Å². The van der Waals surface area contributed by atoms with Crippen molar-refractivity contribution in [3.8, 4) is 51.5 Å². The summed E-state index contributed by atoms with van der Waals surface area (Å²) < 4.78 is 2.29. The van der Waals surface area contributed by atoms with E-state index in [2.05, 4.69) is 91.2 Å². The summed E-state index contributed by atoms with van der Waals surface area (Å²) in [4.78, 5) is 4.98. The Morgan fingerprint density at radius 3 is 1.40 bits per heavy atom. The highest BCUT2D eigenvalue weighted by Gasteiger charge is 2.25. The van der Waals surface area contributed by atoms with E-state index in [0.29, 0.717) is 28.1 Å². The number of benzene rings is 5. The zero-order valence-corrected chi connectivity index (χ0v) is 23.8. The van der Waals surface area contributed by atoms with E-state index in [-0.39, 0.29) is 0 Å². The summed E-state index contributed by atoms with van der Waals surface area (Å²) in [5, 5.41) is 23.6. The van der Waals surface area contributed by atoms with Gasteiger partial charge < -0.3 is 4.57 Å². The van der Waals surface area contributed by atoms with Gasteiger partial charge in [-0.05, 0) is 54.8 Å². The number of fused-ring (bicyclic) bond motifs is 3. The fourth-order valence-electron chi connectivity index (χ4n) is 6.33. The minimum Gasteiger partial charge on any atom is -0.309 e. The maximum Gasteiger partial charge on any atom is 0.102 e. The Morgan fingerprint density at radius 1 is 0.535 bits per heavy atom. The van der Waals surface area contributed by atoms with E-state index >= 15 is 0 Å². The fraction of sp³-hybridized carbons (Fsp3) is 0.0513. The van der Waals surface area contributed by atoms with Gasteiger partial charge in [-0.3, -0.25) is 0 Å². The molecule has 0 saturated carbocycles. The van der Waals surface area contributed by atoms with Crippen LogP contribution in [0.4, 0.5) is 0 Å². The maximum absolute atomic E-state index is 10.6. The van der Waals surface area contributed by atoms with Gasteiger partial charge in [-0.2, -0.15) is 10.5 Å². The lowest BCUT2D eigenvalue weighted by Gasteiger charge is -2.20. The number of nitriles is 2. The van der Waals surface area contributed by atoms with E-state index in [1.54, 1.807) is 0 Å². The van der Waals surface area contributed by atoms with Crippen molar-refractivity contribution in [3.05, 3.63) is 144 Å². The maximum atomic E-state index is 10.6. The molecule has 2 heterocycles. The molecule has 7 rings (SSSR count). The van der Waals surface area contributed by atoms with Gasteiger partial charge in [0.15, 0.2) is 0 Å². The highest BCUT2D eigenvalue weighted by Crippen LogP contribution is 2.42. The van der Waals surface area contributed by atoms with E-state index in [0.717, 1.165) is 44.5 Å². The summed E-state index contributed by atoms with van der Waals surface area (Å²) in [6.45, 7) is 4.12. The molecule has 0 saturated heterocycles. The van der Waals surface area contributed by atoms with Gasteiger partial charge in [0.05, 0.1) is 33.5 Å². The molecule has 0 amide bonds. The van der Waals surface area contributed by atoms with Gasteiger partial charge in [-0.1, -0.05) is 97.1 Å². The van der Waals surface area contributed by atoms with E-state index < -0.39 is 0 Å². The lowest BCUT2D eigenvalue weighted by atomic mass is 9.85. The van der Waals surface area contributed by atoms with Crippen LogP contribution in [0.3, 0.4) is 0 Å². The van der Waals surface area contributed by atoms with Crippen LogP contribution in [0.1, 0.15) is 22.3 Å². The monoisotopic (exact) mass is 550 g/mol. The topological polar surface area (TPSA) is 65.4 Å². The molecule has 2 aromatic heterocycles. The summed E-state index contributed by atoms with van der Waals surface area (Å²) in [5.74, 6) is 0. The molecule has 7 aromatic rings. The quantitative estimate of drug-likeness (QED) is 0.219. The van der Waals surface area contributed by atoms with Gasteiger partial charge in [0.25, 0.3) is 0 Å². The van der Waals surface area contributed by atoms with Crippen molar-refractivity contribution < 1.29 is 0 Å². The summed E-state index contributed by atoms with van der Waals surface area (Å²) >= 11 is 0. The molecular formula is C39H26N4. The molecule has 0 aliphatic heterocycles. The minimum atomic E-state index is 0.401. The number of hydrogen-bond donors (Lipinski definition) is 0. The van der Waals surface area contributed by atoms with Crippen LogP contribution in [0.25, 0.3) is 61.1 Å². The lowest BCUT2D eigenvalue weighted by Crippen LogP contribution is -2.05. The third-order valence-electron chi connectivity index (χ3n) is 8.12. The second kappa shape index (κ2) is 10.5. The van der Waals surface area contributed by atoms with Crippen molar-refractivity contribution in [2.24, 2.45) is 0 Å². The summed E-state index contributed by atoms with van der Waals surface area (Å²) in [5.41, 5.74) is 10.4. The number of nitrogens with zero attached hydrogens (tertiary/aromatic N) is 4. The Kier molecular flexibility index (Phi) is 6.31. The molecule has 0 radical (unpaired) electrons. The number of hydrogen-bond acceptors (Lipinski definition) is 3. The normalized spacial score (nSPS) is 11.0. The van der Waals surface area contributed by atoms with Gasteiger partial charge in [0, 0.05) is 33.2 Å². The molecule has 4 nitrogen and oxygen atoms in total. The predicted molar refractivity (Wildman–Crippen MR) is 174 cm³/mol. The first-order chi connectivity index (χ1) is 21.1. The number of pyridine rings is 1. The Morgan fingerprint density at radius 2 is 0.953 bits per heavy atom. The molecule has 4 heteroatoms. The Labute approximate surface area is 250 Å². The van der Waals surface area contributed by atoms with Crippen molar-refractivity contribution in [2.45, 2.75) is 13.8 Å². The third kappa shape index (κ3) is 4.17. The Balaban J connectivity index is 1.55. The average Bonchev–Trinajstić information content (AvgIpc) is 3.39. The van der Waals surface area contributed by atoms with Crippen molar-refractivity contribution >= 4 is 21.8 Å². The second-order valence-electron chi connectivity index (χ2n) is 10.7. The van der Waals surface area contributed by atoms with Crippen LogP contribution in [-0.4, -0.2) is 9.55 Å². The molecule has 5 aromatic carbocycles. The van der Waals surface area contributed by atoms with Crippen molar-refractivity contribution in [2.75, 3.05) is 0 Å². The molecule has 0 aliphatic carbocycles. The second-order valence-corrected chi connectivity index (χ2v) is 10.7. The van der Waals surface area contributed by atoms with Crippen LogP contribution in [0, 0.1) is 36.5 Å². The van der Waals surface area contributed by atoms with Crippen LogP contribution in [-0.2, 0) is 0 Å². The first-order valence-electron chi connectivity index (χ1n) is 14.2. The van der Waals surface area contributed by atoms with E-state index in [4.69, 9.17) is 4.98 Å². The first kappa shape index (κ1) is 26.0. The molecule has 0 fully saturated rings. The molecule has 0 unspecified atom stereocenters. The highest BCUT2D eigenvalue weighted by molar-refractivity contribution is 6.09. The molecular weight excluding hydrogens is 524 g/mol. The SMILES string of the molecule is Cc1cc(-n2c3ccccc3c3ccccc32)cc(C)c1-c1c(C#N)c(-c2ccccc2)nc(-c2ccccc2)c1C#N. The zero-order valence-electron chi connectivity index (χ0n) is 23.8. The van der Waals surface area contributed by atoms with Crippen LogP contribution < -0.4 is 0 Å². The number of rotatable bonds is 4. The molecule has 0 spiro atoms. The highest BCUT2D eigenvalue weighted by atomic mass is 15.0. The van der Waals surface area contributed by atoms with E-state index in [1.807, 2.05) is 60.7 Å². The van der Waals surface area contributed by atoms with E-state index in [9.17, 15) is 10.5 Å². The van der Waals surface area contributed by atoms with Gasteiger partial charge in [-0.25, -0.2) is 4.98 Å². The molecule has 0 N–H and O–H groups in total. The average molecular weight is 551 g/mol. The summed E-state index contributed by atoms with van der Waals surface area (Å²) in [6, 6.07) is 45.6. The van der Waals surface area contributed by atoms with E-state index in [1.165, 1.54) is 10.8 Å². The largest absolute Gasteiger partial charge is 0.309 e. The van der Waals surface area contributed by atoms with Crippen LogP contribution in [0.5, 0.6) is 0 Å².